The highest BCUT2D eigenvalue weighted by atomic mass is 16.6. The minimum Gasteiger partial charge on any atom is -0.489 e. The van der Waals surface area contributed by atoms with E-state index in [1.54, 1.807) is 31.2 Å². The van der Waals surface area contributed by atoms with E-state index in [9.17, 15) is 24.3 Å². The van der Waals surface area contributed by atoms with Gasteiger partial charge in [0.15, 0.2) is 6.61 Å². The Morgan fingerprint density at radius 1 is 1.17 bits per heavy atom. The Morgan fingerprint density at radius 2 is 1.91 bits per heavy atom. The molecule has 35 heavy (non-hydrogen) atoms. The van der Waals surface area contributed by atoms with Crippen LogP contribution in [-0.4, -0.2) is 67.4 Å². The number of hydrogen-bond donors (Lipinski definition) is 2. The summed E-state index contributed by atoms with van der Waals surface area (Å²) in [5, 5.41) is 12.4. The number of para-hydroxylation sites is 2. The topological polar surface area (TPSA) is 131 Å². The lowest BCUT2D eigenvalue weighted by Crippen LogP contribution is -2.55. The maximum atomic E-state index is 13.4. The van der Waals surface area contributed by atoms with Gasteiger partial charge in [0.2, 0.25) is 5.91 Å². The highest BCUT2D eigenvalue weighted by molar-refractivity contribution is 6.02. The molecule has 192 valence electrons. The molecule has 1 aliphatic heterocycles. The van der Waals surface area contributed by atoms with Gasteiger partial charge in [-0.15, -0.1) is 0 Å². The van der Waals surface area contributed by atoms with Crippen LogP contribution >= 0.6 is 0 Å². The molecule has 0 bridgehead atoms. The van der Waals surface area contributed by atoms with Gasteiger partial charge in [-0.2, -0.15) is 0 Å². The van der Waals surface area contributed by atoms with Crippen molar-refractivity contribution < 1.29 is 38.5 Å². The molecule has 1 aromatic rings. The molecular formula is C25H34N2O8. The van der Waals surface area contributed by atoms with Crippen molar-refractivity contribution in [2.24, 2.45) is 5.92 Å². The van der Waals surface area contributed by atoms with E-state index in [0.29, 0.717) is 23.8 Å². The van der Waals surface area contributed by atoms with Gasteiger partial charge in [0.05, 0.1) is 12.3 Å². The van der Waals surface area contributed by atoms with Gasteiger partial charge in [0.25, 0.3) is 0 Å². The van der Waals surface area contributed by atoms with Crippen molar-refractivity contribution in [2.75, 3.05) is 31.3 Å². The van der Waals surface area contributed by atoms with Crippen molar-refractivity contribution in [2.45, 2.75) is 64.0 Å². The number of amides is 1. The Balaban J connectivity index is 1.74. The minimum absolute atomic E-state index is 0.0863. The Bertz CT molecular complexity index is 899. The minimum atomic E-state index is -1.17. The van der Waals surface area contributed by atoms with Crippen LogP contribution in [0.15, 0.2) is 24.3 Å². The molecule has 0 saturated heterocycles. The molecule has 1 aromatic carbocycles. The predicted octanol–water partition coefficient (Wildman–Crippen LogP) is 2.29. The number of aliphatic carboxylic acids is 1. The predicted molar refractivity (Wildman–Crippen MR) is 126 cm³/mol. The molecule has 10 heteroatoms. The maximum absolute atomic E-state index is 13.4. The fourth-order valence-corrected chi connectivity index (χ4v) is 4.59. The third-order valence-electron chi connectivity index (χ3n) is 6.33. The number of esters is 2. The average molecular weight is 491 g/mol. The van der Waals surface area contributed by atoms with Crippen LogP contribution < -0.4 is 15.0 Å². The normalized spacial score (nSPS) is 19.2. The van der Waals surface area contributed by atoms with Gasteiger partial charge in [-0.05, 0) is 37.8 Å². The average Bonchev–Trinajstić information content (AvgIpc) is 2.97. The second-order valence-corrected chi connectivity index (χ2v) is 8.86. The second kappa shape index (κ2) is 13.1. The summed E-state index contributed by atoms with van der Waals surface area (Å²) in [6, 6.07) is 4.86. The summed E-state index contributed by atoms with van der Waals surface area (Å²) in [6.45, 7) is 0.689. The number of carbonyl (C=O) groups is 4. The Labute approximate surface area is 204 Å². The van der Waals surface area contributed by atoms with Crippen LogP contribution in [0.4, 0.5) is 5.69 Å². The third kappa shape index (κ3) is 7.68. The van der Waals surface area contributed by atoms with E-state index in [4.69, 9.17) is 14.2 Å². The van der Waals surface area contributed by atoms with E-state index in [2.05, 4.69) is 5.32 Å². The maximum Gasteiger partial charge on any atom is 0.344 e. The number of rotatable bonds is 11. The van der Waals surface area contributed by atoms with Crippen LogP contribution in [0, 0.1) is 5.92 Å². The molecule has 1 fully saturated rings. The van der Waals surface area contributed by atoms with Crippen molar-refractivity contribution in [1.29, 1.82) is 0 Å². The summed E-state index contributed by atoms with van der Waals surface area (Å²) >= 11 is 0. The monoisotopic (exact) mass is 490 g/mol. The lowest BCUT2D eigenvalue weighted by atomic mass is 9.85. The van der Waals surface area contributed by atoms with Gasteiger partial charge in [-0.25, -0.2) is 4.79 Å². The lowest BCUT2D eigenvalue weighted by Gasteiger charge is -2.28. The molecule has 10 nitrogen and oxygen atoms in total. The quantitative estimate of drug-likeness (QED) is 0.449. The molecule has 1 amide bonds. The summed E-state index contributed by atoms with van der Waals surface area (Å²) in [7, 11) is 0. The summed E-state index contributed by atoms with van der Waals surface area (Å²) in [5.41, 5.74) is 0.354. The molecule has 0 radical (unpaired) electrons. The van der Waals surface area contributed by atoms with Gasteiger partial charge in [-0.3, -0.25) is 24.6 Å². The van der Waals surface area contributed by atoms with Crippen LogP contribution in [0.2, 0.25) is 0 Å². The first-order valence-corrected chi connectivity index (χ1v) is 12.2. The second-order valence-electron chi connectivity index (χ2n) is 8.86. The molecule has 2 atom stereocenters. The number of carboxylic acid groups (broad SMARTS) is 1. The van der Waals surface area contributed by atoms with Crippen molar-refractivity contribution in [3.8, 4) is 5.75 Å². The molecule has 0 spiro atoms. The van der Waals surface area contributed by atoms with Crippen LogP contribution in [0.25, 0.3) is 0 Å². The van der Waals surface area contributed by atoms with E-state index in [1.165, 1.54) is 6.42 Å². The van der Waals surface area contributed by atoms with E-state index in [-0.39, 0.29) is 13.2 Å². The van der Waals surface area contributed by atoms with Gasteiger partial charge in [0, 0.05) is 0 Å². The number of anilines is 1. The first-order chi connectivity index (χ1) is 16.9. The number of nitrogens with zero attached hydrogens (tertiary/aromatic N) is 1. The lowest BCUT2D eigenvalue weighted by molar-refractivity contribution is -0.160. The summed E-state index contributed by atoms with van der Waals surface area (Å²) in [4.78, 5) is 50.6. The summed E-state index contributed by atoms with van der Waals surface area (Å²) < 4.78 is 15.8. The SMILES string of the molecule is CCOC(=O)COC(=O)[C@H](CCC1CCCCC1)NC1COc2ccccc2N(CC(=O)O)C1=O. The molecule has 2 N–H and O–H groups in total. The molecule has 1 aliphatic carbocycles. The molecule has 1 saturated carbocycles. The van der Waals surface area contributed by atoms with Crippen LogP contribution in [-0.2, 0) is 28.7 Å². The van der Waals surface area contributed by atoms with Crippen LogP contribution in [0.3, 0.4) is 0 Å². The number of nitrogens with one attached hydrogen (secondary N) is 1. The van der Waals surface area contributed by atoms with Crippen LogP contribution in [0.1, 0.15) is 51.9 Å². The third-order valence-corrected chi connectivity index (χ3v) is 6.33. The van der Waals surface area contributed by atoms with E-state index >= 15 is 0 Å². The number of benzene rings is 1. The zero-order valence-corrected chi connectivity index (χ0v) is 20.1. The summed E-state index contributed by atoms with van der Waals surface area (Å²) in [5.74, 6) is -2.12. The van der Waals surface area contributed by atoms with Crippen molar-refractivity contribution in [3.63, 3.8) is 0 Å². The van der Waals surface area contributed by atoms with Crippen LogP contribution in [0.5, 0.6) is 5.75 Å². The molecule has 3 rings (SSSR count). The summed E-state index contributed by atoms with van der Waals surface area (Å²) in [6.07, 6.45) is 6.92. The highest BCUT2D eigenvalue weighted by Gasteiger charge is 2.36. The first-order valence-electron chi connectivity index (χ1n) is 12.2. The van der Waals surface area contributed by atoms with E-state index < -0.39 is 49.1 Å². The standard InChI is InChI=1S/C25H34N2O8/c1-2-33-23(30)16-35-25(32)18(13-12-17-8-4-3-5-9-17)26-19-15-34-21-11-7-6-10-20(21)27(24(19)31)14-22(28)29/h6-7,10-11,17-19,26H,2-5,8-9,12-16H2,1H3,(H,28,29)/t18-,19?/m0/s1. The largest absolute Gasteiger partial charge is 0.489 e. The van der Waals surface area contributed by atoms with Gasteiger partial charge >= 0.3 is 17.9 Å². The zero-order valence-electron chi connectivity index (χ0n) is 20.1. The van der Waals surface area contributed by atoms with E-state index in [0.717, 1.165) is 37.0 Å². The fraction of sp³-hybridized carbons (Fsp3) is 0.600. The molecule has 1 unspecified atom stereocenters. The van der Waals surface area contributed by atoms with Crippen molar-refractivity contribution in [3.05, 3.63) is 24.3 Å². The molecule has 2 aliphatic rings. The Morgan fingerprint density at radius 3 is 2.63 bits per heavy atom. The zero-order chi connectivity index (χ0) is 25.2. The molecule has 1 heterocycles. The number of fused-ring (bicyclic) bond motifs is 1. The molecular weight excluding hydrogens is 456 g/mol. The van der Waals surface area contributed by atoms with Gasteiger partial charge in [-0.1, -0.05) is 44.2 Å². The van der Waals surface area contributed by atoms with Gasteiger partial charge in [0.1, 0.15) is 31.0 Å². The number of carboxylic acids is 1. The van der Waals surface area contributed by atoms with Crippen molar-refractivity contribution >= 4 is 29.5 Å². The Kier molecular flexibility index (Phi) is 9.89. The number of hydrogen-bond acceptors (Lipinski definition) is 8. The number of carbonyl (C=O) groups excluding carboxylic acids is 3. The smallest absolute Gasteiger partial charge is 0.344 e. The first kappa shape index (κ1) is 26.5. The molecule has 0 aromatic heterocycles. The fourth-order valence-electron chi connectivity index (χ4n) is 4.59. The Hall–Kier alpha value is -3.14. The highest BCUT2D eigenvalue weighted by Crippen LogP contribution is 2.31. The number of ether oxygens (including phenoxy) is 3. The van der Waals surface area contributed by atoms with Crippen molar-refractivity contribution in [1.82, 2.24) is 5.32 Å². The van der Waals surface area contributed by atoms with E-state index in [1.807, 2.05) is 0 Å². The van der Waals surface area contributed by atoms with Gasteiger partial charge < -0.3 is 19.3 Å².